The lowest BCUT2D eigenvalue weighted by molar-refractivity contribution is -0.125. The predicted octanol–water partition coefficient (Wildman–Crippen LogP) is 3.41. The lowest BCUT2D eigenvalue weighted by Gasteiger charge is -2.30. The lowest BCUT2D eigenvalue weighted by Crippen LogP contribution is -2.41. The molecule has 2 aromatic heterocycles. The number of aryl methyl sites for hydroxylation is 1. The Labute approximate surface area is 137 Å². The molecule has 1 aromatic carbocycles. The zero-order chi connectivity index (χ0) is 16.1. The fourth-order valence-corrected chi connectivity index (χ4v) is 3.41. The highest BCUT2D eigenvalue weighted by Gasteiger charge is 2.29. The largest absolute Gasteiger partial charge is 0.479 e. The fourth-order valence-electron chi connectivity index (χ4n) is 2.88. The molecule has 3 aromatic rings. The molecule has 1 aliphatic heterocycles. The van der Waals surface area contributed by atoms with Gasteiger partial charge >= 0.3 is 0 Å². The molecule has 0 radical (unpaired) electrons. The number of anilines is 1. The minimum Gasteiger partial charge on any atom is -0.479 e. The number of amides is 1. The molecule has 4 rings (SSSR count). The summed E-state index contributed by atoms with van der Waals surface area (Å²) in [5.41, 5.74) is 4.67. The number of pyridine rings is 1. The van der Waals surface area contributed by atoms with Crippen LogP contribution in [0.5, 0.6) is 5.75 Å². The maximum Gasteiger partial charge on any atom is 0.267 e. The van der Waals surface area contributed by atoms with E-state index in [1.165, 1.54) is 11.5 Å². The van der Waals surface area contributed by atoms with Gasteiger partial charge in [0, 0.05) is 29.4 Å². The number of likely N-dealkylation sites (N-methyl/N-ethyl adjacent to an activating group) is 1. The normalized spacial score (nSPS) is 17.3. The first-order valence-electron chi connectivity index (χ1n) is 7.34. The molecule has 1 amide bonds. The number of fused-ring (bicyclic) bond motifs is 2. The Morgan fingerprint density at radius 3 is 2.87 bits per heavy atom. The summed E-state index contributed by atoms with van der Waals surface area (Å²) in [5, 5.41) is 3.00. The molecule has 3 heterocycles. The van der Waals surface area contributed by atoms with Crippen LogP contribution >= 0.6 is 11.5 Å². The molecule has 0 aliphatic carbocycles. The van der Waals surface area contributed by atoms with E-state index in [1.54, 1.807) is 18.9 Å². The van der Waals surface area contributed by atoms with Gasteiger partial charge in [-0.3, -0.25) is 4.79 Å². The van der Waals surface area contributed by atoms with Gasteiger partial charge in [-0.15, -0.1) is 0 Å². The van der Waals surface area contributed by atoms with E-state index < -0.39 is 6.10 Å². The minimum absolute atomic E-state index is 0.0385. The van der Waals surface area contributed by atoms with E-state index in [0.717, 1.165) is 33.4 Å². The first-order valence-corrected chi connectivity index (χ1v) is 8.17. The number of aromatic nitrogens is 2. The summed E-state index contributed by atoms with van der Waals surface area (Å²) in [4.78, 5) is 18.5. The molecule has 6 heteroatoms. The van der Waals surface area contributed by atoms with Gasteiger partial charge in [-0.25, -0.2) is 9.36 Å². The monoisotopic (exact) mass is 325 g/mol. The van der Waals surface area contributed by atoms with Gasteiger partial charge < -0.3 is 9.64 Å². The molecule has 1 aliphatic rings. The number of ether oxygens (including phenoxy) is 1. The van der Waals surface area contributed by atoms with E-state index in [4.69, 9.17) is 9.72 Å². The van der Waals surface area contributed by atoms with Gasteiger partial charge in [0.25, 0.3) is 5.91 Å². The standard InChI is InChI=1S/C17H15N3O2S/c1-9-4-13(11-7-18-23-8-11)19-14-6-16-15(5-12(9)14)20(3)17(21)10(2)22-16/h4-8,10H,1-3H3. The summed E-state index contributed by atoms with van der Waals surface area (Å²) in [5.74, 6) is 0.656. The van der Waals surface area contributed by atoms with Crippen molar-refractivity contribution >= 4 is 34.0 Å². The van der Waals surface area contributed by atoms with Gasteiger partial charge in [-0.1, -0.05) is 0 Å². The van der Waals surface area contributed by atoms with Crippen molar-refractivity contribution in [2.45, 2.75) is 20.0 Å². The third-order valence-electron chi connectivity index (χ3n) is 4.17. The maximum absolute atomic E-state index is 12.1. The van der Waals surface area contributed by atoms with E-state index >= 15 is 0 Å². The van der Waals surface area contributed by atoms with E-state index in [1.807, 2.05) is 36.7 Å². The van der Waals surface area contributed by atoms with Crippen molar-refractivity contribution in [1.82, 2.24) is 9.36 Å². The Hall–Kier alpha value is -2.47. The van der Waals surface area contributed by atoms with Crippen molar-refractivity contribution in [3.63, 3.8) is 0 Å². The molecule has 23 heavy (non-hydrogen) atoms. The van der Waals surface area contributed by atoms with Gasteiger partial charge in [0.15, 0.2) is 6.10 Å². The van der Waals surface area contributed by atoms with Crippen molar-refractivity contribution in [3.8, 4) is 17.0 Å². The third kappa shape index (κ3) is 2.17. The van der Waals surface area contributed by atoms with Crippen LogP contribution in [-0.2, 0) is 4.79 Å². The smallest absolute Gasteiger partial charge is 0.267 e. The van der Waals surface area contributed by atoms with E-state index in [-0.39, 0.29) is 5.91 Å². The summed E-state index contributed by atoms with van der Waals surface area (Å²) in [6, 6.07) is 5.94. The van der Waals surface area contributed by atoms with E-state index in [9.17, 15) is 4.79 Å². The van der Waals surface area contributed by atoms with Crippen molar-refractivity contribution in [3.05, 3.63) is 35.3 Å². The van der Waals surface area contributed by atoms with Crippen LogP contribution in [0.4, 0.5) is 5.69 Å². The molecular formula is C17H15N3O2S. The topological polar surface area (TPSA) is 55.3 Å². The fraction of sp³-hybridized carbons (Fsp3) is 0.235. The summed E-state index contributed by atoms with van der Waals surface area (Å²) >= 11 is 1.41. The number of rotatable bonds is 1. The van der Waals surface area contributed by atoms with Gasteiger partial charge in [0.2, 0.25) is 0 Å². The average Bonchev–Trinajstić information content (AvgIpc) is 3.06. The second kappa shape index (κ2) is 5.03. The van der Waals surface area contributed by atoms with Crippen LogP contribution in [0, 0.1) is 6.92 Å². The Bertz CT molecular complexity index is 921. The number of carbonyl (C=O) groups excluding carboxylic acids is 1. The van der Waals surface area contributed by atoms with Gasteiger partial charge in [-0.2, -0.15) is 0 Å². The molecule has 5 nitrogen and oxygen atoms in total. The quantitative estimate of drug-likeness (QED) is 0.688. The Kier molecular flexibility index (Phi) is 3.09. The zero-order valence-electron chi connectivity index (χ0n) is 13.0. The number of carbonyl (C=O) groups is 1. The lowest BCUT2D eigenvalue weighted by atomic mass is 10.0. The van der Waals surface area contributed by atoms with Gasteiger partial charge in [0.1, 0.15) is 5.75 Å². The van der Waals surface area contributed by atoms with Crippen molar-refractivity contribution in [2.24, 2.45) is 0 Å². The first-order chi connectivity index (χ1) is 11.0. The van der Waals surface area contributed by atoms with Crippen molar-refractivity contribution in [2.75, 3.05) is 11.9 Å². The summed E-state index contributed by atoms with van der Waals surface area (Å²) < 4.78 is 9.89. The summed E-state index contributed by atoms with van der Waals surface area (Å²) in [6.07, 6.45) is 1.34. The second-order valence-corrected chi connectivity index (χ2v) is 6.39. The highest BCUT2D eigenvalue weighted by Crippen LogP contribution is 2.38. The summed E-state index contributed by atoms with van der Waals surface area (Å²) in [6.45, 7) is 3.81. The summed E-state index contributed by atoms with van der Waals surface area (Å²) in [7, 11) is 1.78. The highest BCUT2D eigenvalue weighted by atomic mass is 32.1. The molecule has 0 bridgehead atoms. The Balaban J connectivity index is 1.94. The number of hydrogen-bond acceptors (Lipinski definition) is 5. The van der Waals surface area contributed by atoms with E-state index in [2.05, 4.69) is 4.37 Å². The minimum atomic E-state index is -0.477. The van der Waals surface area contributed by atoms with Crippen molar-refractivity contribution < 1.29 is 9.53 Å². The number of benzene rings is 1. The zero-order valence-corrected chi connectivity index (χ0v) is 13.8. The Morgan fingerprint density at radius 1 is 1.30 bits per heavy atom. The van der Waals surface area contributed by atoms with Crippen LogP contribution in [-0.4, -0.2) is 28.4 Å². The van der Waals surface area contributed by atoms with Crippen LogP contribution in [0.2, 0.25) is 0 Å². The van der Waals surface area contributed by atoms with E-state index in [0.29, 0.717) is 5.75 Å². The van der Waals surface area contributed by atoms with Gasteiger partial charge in [0.05, 0.1) is 23.1 Å². The van der Waals surface area contributed by atoms with Crippen LogP contribution < -0.4 is 9.64 Å². The average molecular weight is 325 g/mol. The third-order valence-corrected chi connectivity index (χ3v) is 4.75. The SMILES string of the molecule is Cc1cc(-c2cnsc2)nc2cc3c(cc12)N(C)C(=O)C(C)O3. The number of nitrogens with zero attached hydrogens (tertiary/aromatic N) is 3. The molecule has 0 saturated carbocycles. The molecule has 0 N–H and O–H groups in total. The second-order valence-electron chi connectivity index (χ2n) is 5.73. The van der Waals surface area contributed by atoms with Crippen LogP contribution in [0.1, 0.15) is 12.5 Å². The van der Waals surface area contributed by atoms with Crippen LogP contribution in [0.3, 0.4) is 0 Å². The van der Waals surface area contributed by atoms with Crippen molar-refractivity contribution in [1.29, 1.82) is 0 Å². The molecule has 0 saturated heterocycles. The molecule has 1 atom stereocenters. The van der Waals surface area contributed by atoms with Gasteiger partial charge in [-0.05, 0) is 43.1 Å². The molecule has 1 unspecified atom stereocenters. The molecule has 0 spiro atoms. The first kappa shape index (κ1) is 14.1. The Morgan fingerprint density at radius 2 is 2.13 bits per heavy atom. The van der Waals surface area contributed by atoms with Crippen LogP contribution in [0.15, 0.2) is 29.8 Å². The molecule has 116 valence electrons. The predicted molar refractivity (Wildman–Crippen MR) is 91.1 cm³/mol. The highest BCUT2D eigenvalue weighted by molar-refractivity contribution is 7.03. The van der Waals surface area contributed by atoms with Crippen LogP contribution in [0.25, 0.3) is 22.2 Å². The maximum atomic E-state index is 12.1. The molecule has 0 fully saturated rings. The molecular weight excluding hydrogens is 310 g/mol. The number of hydrogen-bond donors (Lipinski definition) is 0.